The summed E-state index contributed by atoms with van der Waals surface area (Å²) in [6.45, 7) is 7.99. The van der Waals surface area contributed by atoms with Crippen LogP contribution in [-0.4, -0.2) is 162 Å². The number of H-pyrrole nitrogens is 1. The van der Waals surface area contributed by atoms with E-state index in [2.05, 4.69) is 46.9 Å². The number of hydrogen-bond acceptors (Lipinski definition) is 14. The third-order valence-electron chi connectivity index (χ3n) is 12.7. The number of aliphatic carboxylic acids is 3. The molecule has 9 unspecified atom stereocenters. The molecule has 1 fully saturated rings. The first-order valence-electron chi connectivity index (χ1n) is 25.7. The minimum absolute atomic E-state index is 0.00211. The molecular formula is C52H75N13O14. The average molecular weight is 1110 g/mol. The second kappa shape index (κ2) is 32.2. The Labute approximate surface area is 456 Å². The normalized spacial score (nSPS) is 15.8. The highest BCUT2D eigenvalue weighted by molar-refractivity contribution is 5.98. The molecule has 1 aliphatic heterocycles. The largest absolute Gasteiger partial charge is 0.508 e. The van der Waals surface area contributed by atoms with Crippen molar-refractivity contribution < 1.29 is 68.4 Å². The number of carbonyl (C=O) groups is 10. The molecule has 27 nitrogen and oxygen atoms in total. The molecule has 1 saturated heterocycles. The fourth-order valence-corrected chi connectivity index (χ4v) is 8.31. The number of phenolic OH excluding ortho intramolecular Hbond substituents is 1. The number of benzene rings is 2. The minimum Gasteiger partial charge on any atom is -0.508 e. The van der Waals surface area contributed by atoms with Crippen LogP contribution in [0.25, 0.3) is 0 Å². The third kappa shape index (κ3) is 22.1. The van der Waals surface area contributed by atoms with Gasteiger partial charge in [-0.2, -0.15) is 0 Å². The Morgan fingerprint density at radius 1 is 0.734 bits per heavy atom. The van der Waals surface area contributed by atoms with Crippen LogP contribution in [-0.2, 0) is 67.2 Å². The smallest absolute Gasteiger partial charge is 0.326 e. The summed E-state index contributed by atoms with van der Waals surface area (Å²) in [5.41, 5.74) is 18.2. The van der Waals surface area contributed by atoms with Crippen LogP contribution in [0.4, 0.5) is 0 Å². The summed E-state index contributed by atoms with van der Waals surface area (Å²) in [5, 5.41) is 52.5. The minimum atomic E-state index is -1.51. The van der Waals surface area contributed by atoms with Gasteiger partial charge in [-0.05, 0) is 60.8 Å². The van der Waals surface area contributed by atoms with Gasteiger partial charge in [0, 0.05) is 51.2 Å². The van der Waals surface area contributed by atoms with Crippen molar-refractivity contribution >= 4 is 65.2 Å². The van der Waals surface area contributed by atoms with Gasteiger partial charge in [0.05, 0.1) is 18.8 Å². The number of carboxylic acids is 3. The number of nitrogens with two attached hydrogens (primary N) is 3. The number of carbonyl (C=O) groups excluding carboxylic acids is 7. The lowest BCUT2D eigenvalue weighted by Gasteiger charge is -2.32. The molecule has 0 saturated carbocycles. The van der Waals surface area contributed by atoms with Crippen molar-refractivity contribution in [3.63, 3.8) is 0 Å². The van der Waals surface area contributed by atoms with Crippen molar-refractivity contribution in [2.75, 3.05) is 13.1 Å². The number of aromatic hydroxyl groups is 1. The first-order chi connectivity index (χ1) is 37.3. The standard InChI is InChI=1S/C50H71N13O12.C2H4O2/c1-5-28(4)41(47(72)59-36(23-31-25-54-26-56-31)48(73)63-20-10-14-38(63)45(70)60-37(49(74)75)22-29-11-7-6-8-12-29)62-44(69)35(21-30-15-17-32(64)18-16-30)58-46(71)40(27(2)3)61-43(68)34(13-9-19-55-50(52)53)57-42(67)33(51)24-39(65)66;1-2(3)4/h6-8,11-12,15-18,25-28,33-38,40-41,64H,5,9-10,13-14,19-24,51H2,1-4H3,(H,54,56)(H,57,67)(H,58,71)(H,59,72)(H,60,70)(H,61,68)(H,62,69)(H,65,66)(H,74,75)(H4,52,53,55);1H3,(H,3,4). The Morgan fingerprint density at radius 3 is 1.87 bits per heavy atom. The van der Waals surface area contributed by atoms with E-state index in [-0.39, 0.29) is 63.3 Å². The van der Waals surface area contributed by atoms with Crippen molar-refractivity contribution in [1.82, 2.24) is 46.8 Å². The van der Waals surface area contributed by atoms with E-state index in [9.17, 15) is 58.5 Å². The molecule has 1 aliphatic rings. The number of phenols is 1. The molecule has 79 heavy (non-hydrogen) atoms. The number of nitrogens with zero attached hydrogens (tertiary/aromatic N) is 3. The lowest BCUT2D eigenvalue weighted by Crippen LogP contribution is -2.62. The van der Waals surface area contributed by atoms with Crippen LogP contribution in [0, 0.1) is 11.8 Å². The van der Waals surface area contributed by atoms with E-state index in [1.807, 2.05) is 0 Å². The van der Waals surface area contributed by atoms with Crippen LogP contribution >= 0.6 is 0 Å². The highest BCUT2D eigenvalue weighted by Crippen LogP contribution is 2.21. The van der Waals surface area contributed by atoms with Crippen molar-refractivity contribution in [1.29, 1.82) is 0 Å². The van der Waals surface area contributed by atoms with Crippen molar-refractivity contribution in [2.45, 2.75) is 141 Å². The Bertz CT molecular complexity index is 2560. The molecule has 27 heteroatoms. The monoisotopic (exact) mass is 1110 g/mol. The molecule has 0 radical (unpaired) electrons. The van der Waals surface area contributed by atoms with Gasteiger partial charge in [-0.15, -0.1) is 0 Å². The van der Waals surface area contributed by atoms with E-state index in [4.69, 9.17) is 27.1 Å². The van der Waals surface area contributed by atoms with Crippen LogP contribution in [0.3, 0.4) is 0 Å². The molecule has 2 heterocycles. The molecule has 4 rings (SSSR count). The van der Waals surface area contributed by atoms with Crippen LogP contribution in [0.1, 0.15) is 90.0 Å². The van der Waals surface area contributed by atoms with Gasteiger partial charge in [-0.25, -0.2) is 9.78 Å². The molecule has 9 atom stereocenters. The first kappa shape index (κ1) is 64.7. The number of likely N-dealkylation sites (tertiary alicyclic amines) is 1. The Balaban J connectivity index is 0.00000396. The van der Waals surface area contributed by atoms with Crippen molar-refractivity contribution in [3.05, 3.63) is 83.9 Å². The number of aliphatic imine (C=N–C) groups is 1. The summed E-state index contributed by atoms with van der Waals surface area (Å²) in [7, 11) is 0. The van der Waals surface area contributed by atoms with E-state index >= 15 is 0 Å². The van der Waals surface area contributed by atoms with Gasteiger partial charge in [0.15, 0.2) is 5.96 Å². The first-order valence-corrected chi connectivity index (χ1v) is 25.7. The van der Waals surface area contributed by atoms with E-state index in [0.29, 0.717) is 29.7 Å². The van der Waals surface area contributed by atoms with E-state index < -0.39 is 126 Å². The quantitative estimate of drug-likeness (QED) is 0.0220. The zero-order valence-corrected chi connectivity index (χ0v) is 44.8. The summed E-state index contributed by atoms with van der Waals surface area (Å²) < 4.78 is 0. The third-order valence-corrected chi connectivity index (χ3v) is 12.7. The van der Waals surface area contributed by atoms with Crippen molar-refractivity contribution in [2.24, 2.45) is 34.0 Å². The van der Waals surface area contributed by atoms with Gasteiger partial charge in [0.25, 0.3) is 5.97 Å². The summed E-state index contributed by atoms with van der Waals surface area (Å²) >= 11 is 0. The number of rotatable bonds is 29. The van der Waals surface area contributed by atoms with Gasteiger partial charge in [0.1, 0.15) is 48.0 Å². The summed E-state index contributed by atoms with van der Waals surface area (Å²) in [5.74, 6) is -10.5. The number of hydrogen-bond donors (Lipinski definition) is 14. The second-order valence-electron chi connectivity index (χ2n) is 19.4. The summed E-state index contributed by atoms with van der Waals surface area (Å²) in [4.78, 5) is 143. The molecule has 0 spiro atoms. The maximum Gasteiger partial charge on any atom is 0.326 e. The molecule has 1 aromatic heterocycles. The highest BCUT2D eigenvalue weighted by atomic mass is 16.4. The molecule has 17 N–H and O–H groups in total. The summed E-state index contributed by atoms with van der Waals surface area (Å²) in [6, 6.07) is 3.95. The van der Waals surface area contributed by atoms with Crippen LogP contribution in [0.15, 0.2) is 72.1 Å². The maximum atomic E-state index is 14.6. The number of aromatic amines is 1. The molecule has 0 aliphatic carbocycles. The van der Waals surface area contributed by atoms with Crippen LogP contribution in [0.2, 0.25) is 0 Å². The lowest BCUT2D eigenvalue weighted by atomic mass is 9.96. The molecule has 432 valence electrons. The lowest BCUT2D eigenvalue weighted by molar-refractivity contribution is -0.145. The number of amides is 7. The topological polar surface area (TPSA) is 446 Å². The molecule has 7 amide bonds. The van der Waals surface area contributed by atoms with Gasteiger partial charge >= 0.3 is 11.9 Å². The van der Waals surface area contributed by atoms with Gasteiger partial charge in [0.2, 0.25) is 41.4 Å². The predicted molar refractivity (Wildman–Crippen MR) is 286 cm³/mol. The summed E-state index contributed by atoms with van der Waals surface area (Å²) in [6.07, 6.45) is 2.92. The zero-order chi connectivity index (χ0) is 58.9. The van der Waals surface area contributed by atoms with Crippen molar-refractivity contribution in [3.8, 4) is 5.75 Å². The van der Waals surface area contributed by atoms with E-state index in [1.54, 1.807) is 58.0 Å². The molecular weight excluding hydrogens is 1030 g/mol. The maximum absolute atomic E-state index is 14.6. The molecule has 2 aromatic carbocycles. The predicted octanol–water partition coefficient (Wildman–Crippen LogP) is -1.22. The zero-order valence-electron chi connectivity index (χ0n) is 44.8. The number of aromatic nitrogens is 2. The fourth-order valence-electron chi connectivity index (χ4n) is 8.31. The number of carboxylic acid groups (broad SMARTS) is 3. The van der Waals surface area contributed by atoms with E-state index in [0.717, 1.165) is 6.92 Å². The number of guanidine groups is 1. The van der Waals surface area contributed by atoms with Crippen LogP contribution in [0.5, 0.6) is 5.75 Å². The number of imidazole rings is 1. The van der Waals surface area contributed by atoms with Gasteiger partial charge in [-0.3, -0.25) is 48.1 Å². The SMILES string of the molecule is CC(=O)O.CCC(C)C(NC(=O)C(Cc1ccc(O)cc1)NC(=O)C(NC(=O)C(CCCN=C(N)N)NC(=O)C(N)CC(=O)O)C(C)C)C(=O)NC(Cc1cnc[nH]1)C(=O)N1CCCC1C(=O)NC(Cc1ccccc1)C(=O)O. The Kier molecular flexibility index (Phi) is 26.4. The molecule has 0 bridgehead atoms. The second-order valence-corrected chi connectivity index (χ2v) is 19.4. The van der Waals surface area contributed by atoms with Gasteiger partial charge in [-0.1, -0.05) is 76.6 Å². The average Bonchev–Trinajstić information content (AvgIpc) is 4.11. The highest BCUT2D eigenvalue weighted by Gasteiger charge is 2.41. The Hall–Kier alpha value is -8.62. The number of nitrogens with one attached hydrogen (secondary N) is 7. The molecule has 3 aromatic rings. The fraction of sp³-hybridized carbons (Fsp3) is 0.500. The van der Waals surface area contributed by atoms with Gasteiger partial charge < -0.3 is 79.4 Å². The Morgan fingerprint density at radius 2 is 1.30 bits per heavy atom. The van der Waals surface area contributed by atoms with Crippen LogP contribution < -0.4 is 49.1 Å². The van der Waals surface area contributed by atoms with E-state index in [1.165, 1.54) is 41.7 Å².